The van der Waals surface area contributed by atoms with Crippen LogP contribution in [0.2, 0.25) is 5.02 Å². The van der Waals surface area contributed by atoms with Crippen LogP contribution in [0.4, 0.5) is 0 Å². The molecule has 25 heavy (non-hydrogen) atoms. The zero-order valence-electron chi connectivity index (χ0n) is 13.6. The first-order valence-electron chi connectivity index (χ1n) is 7.52. The van der Waals surface area contributed by atoms with Crippen LogP contribution in [0.3, 0.4) is 0 Å². The van der Waals surface area contributed by atoms with Gasteiger partial charge in [0.25, 0.3) is 0 Å². The van der Waals surface area contributed by atoms with Crippen molar-refractivity contribution in [3.8, 4) is 17.6 Å². The van der Waals surface area contributed by atoms with Gasteiger partial charge in [0, 0.05) is 0 Å². The molecule has 0 amide bonds. The molecule has 0 aliphatic carbocycles. The number of nitrogens with zero attached hydrogens (tertiary/aromatic N) is 1. The average Bonchev–Trinajstić information content (AvgIpc) is 3.03. The molecule has 2 heterocycles. The number of nitriles is 1. The lowest BCUT2D eigenvalue weighted by atomic mass is 9.83. The number of carbonyl (C=O) groups excluding carboxylic acids is 1. The van der Waals surface area contributed by atoms with Crippen molar-refractivity contribution < 1.29 is 23.7 Å². The van der Waals surface area contributed by atoms with Gasteiger partial charge in [-0.1, -0.05) is 11.6 Å². The first-order valence-corrected chi connectivity index (χ1v) is 7.90. The third-order valence-corrected chi connectivity index (χ3v) is 4.16. The molecule has 0 aromatic heterocycles. The number of hydrogen-bond acceptors (Lipinski definition) is 7. The van der Waals surface area contributed by atoms with Crippen molar-refractivity contribution in [2.75, 3.05) is 13.4 Å². The molecule has 0 fully saturated rings. The maximum absolute atomic E-state index is 12.5. The van der Waals surface area contributed by atoms with E-state index < -0.39 is 11.9 Å². The third-order valence-electron chi connectivity index (χ3n) is 3.88. The molecule has 2 aliphatic rings. The zero-order valence-corrected chi connectivity index (χ0v) is 14.3. The van der Waals surface area contributed by atoms with E-state index in [1.807, 2.05) is 6.07 Å². The molecule has 2 aliphatic heterocycles. The third kappa shape index (κ3) is 2.85. The molecule has 0 bridgehead atoms. The number of fused-ring (bicyclic) bond motifs is 1. The topological polar surface area (TPSA) is 104 Å². The van der Waals surface area contributed by atoms with Crippen molar-refractivity contribution in [1.29, 1.82) is 5.26 Å². The summed E-state index contributed by atoms with van der Waals surface area (Å²) in [4.78, 5) is 12.5. The predicted molar refractivity (Wildman–Crippen MR) is 87.6 cm³/mol. The van der Waals surface area contributed by atoms with Gasteiger partial charge in [0.05, 0.1) is 23.1 Å². The van der Waals surface area contributed by atoms with E-state index in [0.717, 1.165) is 0 Å². The molecular formula is C17H15ClN2O5. The highest BCUT2D eigenvalue weighted by molar-refractivity contribution is 6.32. The highest BCUT2D eigenvalue weighted by Gasteiger charge is 2.37. The van der Waals surface area contributed by atoms with E-state index in [4.69, 9.17) is 36.3 Å². The van der Waals surface area contributed by atoms with Crippen molar-refractivity contribution in [3.63, 3.8) is 0 Å². The minimum atomic E-state index is -0.773. The van der Waals surface area contributed by atoms with E-state index in [0.29, 0.717) is 22.1 Å². The van der Waals surface area contributed by atoms with Gasteiger partial charge in [-0.15, -0.1) is 0 Å². The summed E-state index contributed by atoms with van der Waals surface area (Å²) in [6.07, 6.45) is 0. The summed E-state index contributed by atoms with van der Waals surface area (Å²) in [5, 5.41) is 9.85. The number of hydrogen-bond donors (Lipinski definition) is 1. The lowest BCUT2D eigenvalue weighted by Gasteiger charge is -2.27. The van der Waals surface area contributed by atoms with Gasteiger partial charge in [0.1, 0.15) is 17.4 Å². The van der Waals surface area contributed by atoms with Gasteiger partial charge in [-0.3, -0.25) is 0 Å². The molecule has 3 rings (SSSR count). The molecule has 130 valence electrons. The Morgan fingerprint density at radius 2 is 2.24 bits per heavy atom. The van der Waals surface area contributed by atoms with Crippen molar-refractivity contribution >= 4 is 17.6 Å². The molecule has 1 aromatic carbocycles. The lowest BCUT2D eigenvalue weighted by molar-refractivity contribution is -0.139. The monoisotopic (exact) mass is 362 g/mol. The minimum absolute atomic E-state index is 0.0506. The Balaban J connectivity index is 2.17. The Bertz CT molecular complexity index is 853. The largest absolute Gasteiger partial charge is 0.463 e. The quantitative estimate of drug-likeness (QED) is 0.824. The van der Waals surface area contributed by atoms with Crippen LogP contribution in [-0.4, -0.2) is 19.4 Å². The predicted octanol–water partition coefficient (Wildman–Crippen LogP) is 2.71. The second-order valence-corrected chi connectivity index (χ2v) is 5.76. The first-order chi connectivity index (χ1) is 12.0. The van der Waals surface area contributed by atoms with Gasteiger partial charge in [-0.2, -0.15) is 5.26 Å². The standard InChI is InChI=1S/C17H15ClN2O5/c1-3-22-17(21)13-8(2)25-16(20)10(6-19)14(13)9-4-11(18)15-12(5-9)23-7-24-15/h4-5,14H,3,7,20H2,1-2H3. The molecule has 0 saturated heterocycles. The first kappa shape index (κ1) is 17.0. The Morgan fingerprint density at radius 3 is 2.92 bits per heavy atom. The van der Waals surface area contributed by atoms with Gasteiger partial charge in [-0.05, 0) is 31.5 Å². The van der Waals surface area contributed by atoms with Crippen LogP contribution in [0, 0.1) is 11.3 Å². The minimum Gasteiger partial charge on any atom is -0.463 e. The SMILES string of the molecule is CCOC(=O)C1=C(C)OC(N)=C(C#N)C1c1cc(Cl)c2c(c1)OCO2. The normalized spacial score (nSPS) is 18.7. The fourth-order valence-corrected chi connectivity index (χ4v) is 3.12. The summed E-state index contributed by atoms with van der Waals surface area (Å²) in [6, 6.07) is 5.29. The number of benzene rings is 1. The number of nitrogens with two attached hydrogens (primary N) is 1. The van der Waals surface area contributed by atoms with Crippen molar-refractivity contribution in [3.05, 3.63) is 45.5 Å². The van der Waals surface area contributed by atoms with Crippen LogP contribution < -0.4 is 15.2 Å². The van der Waals surface area contributed by atoms with E-state index in [2.05, 4.69) is 0 Å². The second kappa shape index (κ2) is 6.57. The van der Waals surface area contributed by atoms with Crippen LogP contribution in [0.25, 0.3) is 0 Å². The van der Waals surface area contributed by atoms with Gasteiger partial charge >= 0.3 is 5.97 Å². The molecule has 0 radical (unpaired) electrons. The van der Waals surface area contributed by atoms with Crippen molar-refractivity contribution in [2.24, 2.45) is 5.73 Å². The maximum Gasteiger partial charge on any atom is 0.338 e. The number of halogens is 1. The smallest absolute Gasteiger partial charge is 0.338 e. The molecule has 2 N–H and O–H groups in total. The van der Waals surface area contributed by atoms with E-state index in [9.17, 15) is 10.1 Å². The molecule has 8 heteroatoms. The van der Waals surface area contributed by atoms with E-state index in [-0.39, 0.29) is 36.2 Å². The molecule has 1 unspecified atom stereocenters. The summed E-state index contributed by atoms with van der Waals surface area (Å²) in [5.41, 5.74) is 6.71. The Hall–Kier alpha value is -2.85. The van der Waals surface area contributed by atoms with Crippen molar-refractivity contribution in [2.45, 2.75) is 19.8 Å². The molecule has 0 saturated carbocycles. The summed E-state index contributed by atoms with van der Waals surface area (Å²) in [5.74, 6) is -0.290. The maximum atomic E-state index is 12.5. The number of carbonyl (C=O) groups is 1. The molecular weight excluding hydrogens is 348 g/mol. The second-order valence-electron chi connectivity index (χ2n) is 5.35. The van der Waals surface area contributed by atoms with Crippen LogP contribution in [-0.2, 0) is 14.3 Å². The fraction of sp³-hybridized carbons (Fsp3) is 0.294. The summed E-state index contributed by atoms with van der Waals surface area (Å²) in [7, 11) is 0. The summed E-state index contributed by atoms with van der Waals surface area (Å²) < 4.78 is 21.2. The van der Waals surface area contributed by atoms with Gasteiger partial charge in [0.2, 0.25) is 12.7 Å². The Labute approximate surface area is 149 Å². The van der Waals surface area contributed by atoms with Gasteiger partial charge < -0.3 is 24.7 Å². The lowest BCUT2D eigenvalue weighted by Crippen LogP contribution is -2.25. The van der Waals surface area contributed by atoms with E-state index >= 15 is 0 Å². The number of allylic oxidation sites excluding steroid dienone is 2. The van der Waals surface area contributed by atoms with Gasteiger partial charge in [0.15, 0.2) is 11.5 Å². The Kier molecular flexibility index (Phi) is 4.47. The summed E-state index contributed by atoms with van der Waals surface area (Å²) >= 11 is 6.25. The van der Waals surface area contributed by atoms with Crippen LogP contribution in [0.5, 0.6) is 11.5 Å². The molecule has 0 spiro atoms. The van der Waals surface area contributed by atoms with Crippen molar-refractivity contribution in [1.82, 2.24) is 0 Å². The Morgan fingerprint density at radius 1 is 1.48 bits per heavy atom. The number of esters is 1. The van der Waals surface area contributed by atoms with E-state index in [1.165, 1.54) is 0 Å². The highest BCUT2D eigenvalue weighted by atomic mass is 35.5. The molecule has 1 aromatic rings. The fourth-order valence-electron chi connectivity index (χ4n) is 2.84. The number of ether oxygens (including phenoxy) is 4. The van der Waals surface area contributed by atoms with Crippen LogP contribution in [0.15, 0.2) is 34.9 Å². The average molecular weight is 363 g/mol. The number of rotatable bonds is 3. The van der Waals surface area contributed by atoms with Gasteiger partial charge in [-0.25, -0.2) is 4.79 Å². The molecule has 7 nitrogen and oxygen atoms in total. The van der Waals surface area contributed by atoms with Crippen LogP contribution in [0.1, 0.15) is 25.3 Å². The molecule has 1 atom stereocenters. The highest BCUT2D eigenvalue weighted by Crippen LogP contribution is 2.46. The summed E-state index contributed by atoms with van der Waals surface area (Å²) in [6.45, 7) is 3.52. The zero-order chi connectivity index (χ0) is 18.1. The van der Waals surface area contributed by atoms with E-state index in [1.54, 1.807) is 26.0 Å². The van der Waals surface area contributed by atoms with Crippen LogP contribution >= 0.6 is 11.6 Å².